The van der Waals surface area contributed by atoms with Gasteiger partial charge in [-0.3, -0.25) is 14.2 Å². The lowest BCUT2D eigenvalue weighted by atomic mass is 10.2. The van der Waals surface area contributed by atoms with E-state index in [1.54, 1.807) is 6.92 Å². The Morgan fingerprint density at radius 2 is 2.20 bits per heavy atom. The maximum absolute atomic E-state index is 12.4. The van der Waals surface area contributed by atoms with Crippen molar-refractivity contribution in [2.24, 2.45) is 5.92 Å². The highest BCUT2D eigenvalue weighted by Crippen LogP contribution is 2.15. The Morgan fingerprint density at radius 1 is 1.50 bits per heavy atom. The Hall–Kier alpha value is -1.47. The van der Waals surface area contributed by atoms with Gasteiger partial charge in [0.25, 0.3) is 5.56 Å². The van der Waals surface area contributed by atoms with Crippen LogP contribution in [0.2, 0.25) is 0 Å². The predicted octanol–water partition coefficient (Wildman–Crippen LogP) is 2.45. The molecule has 0 saturated carbocycles. The zero-order valence-corrected chi connectivity index (χ0v) is 13.2. The summed E-state index contributed by atoms with van der Waals surface area (Å²) in [6, 6.07) is 1.18. The van der Waals surface area contributed by atoms with Crippen molar-refractivity contribution in [2.45, 2.75) is 26.8 Å². The molecular weight excluding hydrogens is 294 g/mol. The first-order valence-corrected chi connectivity index (χ1v) is 7.70. The van der Waals surface area contributed by atoms with Gasteiger partial charge in [-0.15, -0.1) is 11.3 Å². The molecule has 20 heavy (non-hydrogen) atoms. The van der Waals surface area contributed by atoms with Crippen LogP contribution in [0.3, 0.4) is 0 Å². The van der Waals surface area contributed by atoms with Gasteiger partial charge in [0.1, 0.15) is 10.7 Å². The van der Waals surface area contributed by atoms with Crippen LogP contribution in [0.25, 0.3) is 10.2 Å². The third-order valence-electron chi connectivity index (χ3n) is 2.99. The molecule has 0 bridgehead atoms. The molecule has 2 N–H and O–H groups in total. The van der Waals surface area contributed by atoms with Crippen molar-refractivity contribution in [1.29, 1.82) is 0 Å². The Bertz CT molecular complexity index is 742. The Balaban J connectivity index is 2.39. The minimum atomic E-state index is -0.628. The van der Waals surface area contributed by atoms with Crippen LogP contribution in [0.15, 0.2) is 16.2 Å². The number of aromatic amines is 1. The quantitative estimate of drug-likeness (QED) is 0.852. The lowest BCUT2D eigenvalue weighted by Crippen LogP contribution is -2.37. The Labute approximate surface area is 125 Å². The minimum Gasteiger partial charge on any atom is -0.354 e. The van der Waals surface area contributed by atoms with Gasteiger partial charge in [0, 0.05) is 6.54 Å². The lowest BCUT2D eigenvalue weighted by Gasteiger charge is -2.16. The predicted molar refractivity (Wildman–Crippen MR) is 83.8 cm³/mol. The van der Waals surface area contributed by atoms with E-state index in [0.29, 0.717) is 17.2 Å². The number of aromatic nitrogens is 2. The molecule has 2 aromatic rings. The molecule has 0 aliphatic heterocycles. The highest BCUT2D eigenvalue weighted by Gasteiger charge is 2.19. The average molecular weight is 311 g/mol. The second kappa shape index (κ2) is 5.88. The van der Waals surface area contributed by atoms with Crippen molar-refractivity contribution < 1.29 is 4.79 Å². The number of H-pyrrole nitrogens is 1. The van der Waals surface area contributed by atoms with E-state index >= 15 is 0 Å². The molecule has 0 saturated heterocycles. The van der Waals surface area contributed by atoms with Gasteiger partial charge in [0.2, 0.25) is 5.91 Å². The fourth-order valence-corrected chi connectivity index (χ4v) is 3.01. The van der Waals surface area contributed by atoms with Crippen LogP contribution in [0.4, 0.5) is 0 Å². The highest BCUT2D eigenvalue weighted by molar-refractivity contribution is 7.71. The van der Waals surface area contributed by atoms with Gasteiger partial charge in [-0.2, -0.15) is 0 Å². The first-order chi connectivity index (χ1) is 9.41. The molecule has 7 heteroatoms. The molecule has 5 nitrogen and oxygen atoms in total. The number of nitrogens with zero attached hydrogens (tertiary/aromatic N) is 1. The van der Waals surface area contributed by atoms with E-state index in [-0.39, 0.29) is 16.2 Å². The first-order valence-electron chi connectivity index (χ1n) is 6.41. The number of carbonyl (C=O) groups excluding carboxylic acids is 1. The van der Waals surface area contributed by atoms with Gasteiger partial charge < -0.3 is 10.3 Å². The van der Waals surface area contributed by atoms with Crippen molar-refractivity contribution in [3.63, 3.8) is 0 Å². The zero-order valence-electron chi connectivity index (χ0n) is 11.6. The summed E-state index contributed by atoms with van der Waals surface area (Å²) in [6.07, 6.45) is 0. The Morgan fingerprint density at radius 3 is 2.85 bits per heavy atom. The van der Waals surface area contributed by atoms with E-state index in [0.717, 1.165) is 5.52 Å². The molecule has 0 aromatic carbocycles. The molecule has 1 amide bonds. The van der Waals surface area contributed by atoms with Crippen LogP contribution in [-0.4, -0.2) is 22.0 Å². The molecule has 1 unspecified atom stereocenters. The van der Waals surface area contributed by atoms with Gasteiger partial charge in [-0.25, -0.2) is 0 Å². The van der Waals surface area contributed by atoms with Crippen LogP contribution in [0, 0.1) is 10.7 Å². The third kappa shape index (κ3) is 2.83. The maximum Gasteiger partial charge on any atom is 0.272 e. The van der Waals surface area contributed by atoms with Gasteiger partial charge in [0.05, 0.1) is 5.52 Å². The summed E-state index contributed by atoms with van der Waals surface area (Å²) in [6.45, 7) is 6.29. The van der Waals surface area contributed by atoms with Gasteiger partial charge in [0.15, 0.2) is 4.77 Å². The van der Waals surface area contributed by atoms with Crippen LogP contribution in [0.1, 0.15) is 26.8 Å². The number of hydrogen-bond donors (Lipinski definition) is 2. The molecule has 2 heterocycles. The molecular formula is C13H17N3O2S2. The fraction of sp³-hybridized carbons (Fsp3) is 0.462. The summed E-state index contributed by atoms with van der Waals surface area (Å²) < 4.78 is 2.19. The SMILES string of the molecule is CC(C)CNC(=O)C(C)n1c(=S)[nH]c2ccsc2c1=O. The number of nitrogens with one attached hydrogen (secondary N) is 2. The number of rotatable bonds is 4. The number of amides is 1. The van der Waals surface area contributed by atoms with Crippen LogP contribution in [-0.2, 0) is 4.79 Å². The molecule has 0 radical (unpaired) electrons. The summed E-state index contributed by atoms with van der Waals surface area (Å²) >= 11 is 6.54. The summed E-state index contributed by atoms with van der Waals surface area (Å²) in [7, 11) is 0. The molecule has 0 spiro atoms. The summed E-state index contributed by atoms with van der Waals surface area (Å²) in [5.74, 6) is 0.161. The average Bonchev–Trinajstić information content (AvgIpc) is 2.83. The monoisotopic (exact) mass is 311 g/mol. The van der Waals surface area contributed by atoms with Crippen molar-refractivity contribution >= 4 is 39.7 Å². The molecule has 1 atom stereocenters. The van der Waals surface area contributed by atoms with Crippen LogP contribution >= 0.6 is 23.6 Å². The molecule has 2 rings (SSSR count). The molecule has 0 aliphatic rings. The van der Waals surface area contributed by atoms with Gasteiger partial charge in [-0.1, -0.05) is 13.8 Å². The van der Waals surface area contributed by atoms with Gasteiger partial charge >= 0.3 is 0 Å². The van der Waals surface area contributed by atoms with E-state index in [2.05, 4.69) is 10.3 Å². The van der Waals surface area contributed by atoms with E-state index in [9.17, 15) is 9.59 Å². The van der Waals surface area contributed by atoms with Crippen molar-refractivity contribution in [1.82, 2.24) is 14.9 Å². The fourth-order valence-electron chi connectivity index (χ4n) is 1.87. The number of thiophene rings is 1. The topological polar surface area (TPSA) is 66.9 Å². The number of hydrogen-bond acceptors (Lipinski definition) is 4. The molecule has 0 fully saturated rings. The van der Waals surface area contributed by atoms with E-state index in [1.165, 1.54) is 15.9 Å². The van der Waals surface area contributed by atoms with E-state index in [1.807, 2.05) is 25.3 Å². The van der Waals surface area contributed by atoms with E-state index in [4.69, 9.17) is 12.2 Å². The Kier molecular flexibility index (Phi) is 4.39. The number of fused-ring (bicyclic) bond motifs is 1. The molecule has 0 aliphatic carbocycles. The lowest BCUT2D eigenvalue weighted by molar-refractivity contribution is -0.124. The third-order valence-corrected chi connectivity index (χ3v) is 4.19. The minimum absolute atomic E-state index is 0.198. The summed E-state index contributed by atoms with van der Waals surface area (Å²) in [4.78, 5) is 27.5. The highest BCUT2D eigenvalue weighted by atomic mass is 32.1. The summed E-state index contributed by atoms with van der Waals surface area (Å²) in [5, 5.41) is 4.65. The van der Waals surface area contributed by atoms with Gasteiger partial charge in [-0.05, 0) is 36.5 Å². The first kappa shape index (κ1) is 14.9. The maximum atomic E-state index is 12.4. The van der Waals surface area contributed by atoms with Crippen LogP contribution in [0.5, 0.6) is 0 Å². The van der Waals surface area contributed by atoms with Crippen molar-refractivity contribution in [3.8, 4) is 0 Å². The second-order valence-corrected chi connectivity index (χ2v) is 6.39. The van der Waals surface area contributed by atoms with Crippen molar-refractivity contribution in [2.75, 3.05) is 6.54 Å². The molecule has 108 valence electrons. The normalized spacial score (nSPS) is 12.8. The van der Waals surface area contributed by atoms with Crippen molar-refractivity contribution in [3.05, 3.63) is 26.6 Å². The number of carbonyl (C=O) groups is 1. The largest absolute Gasteiger partial charge is 0.354 e. The molecule has 2 aromatic heterocycles. The zero-order chi connectivity index (χ0) is 14.9. The van der Waals surface area contributed by atoms with Crippen LogP contribution < -0.4 is 10.9 Å². The van der Waals surface area contributed by atoms with E-state index < -0.39 is 6.04 Å². The summed E-state index contributed by atoms with van der Waals surface area (Å²) in [5.41, 5.74) is 0.502. The smallest absolute Gasteiger partial charge is 0.272 e. The second-order valence-electron chi connectivity index (χ2n) is 5.08. The standard InChI is InChI=1S/C13H17N3O2S2/c1-7(2)6-14-11(17)8(3)16-12(18)10-9(4-5-20-10)15-13(16)19/h4-5,7-8H,6H2,1-3H3,(H,14,17)(H,15,19).